The topological polar surface area (TPSA) is 75.7 Å². The molecule has 0 bridgehead atoms. The van der Waals surface area contributed by atoms with Gasteiger partial charge in [0.2, 0.25) is 5.91 Å². The third-order valence-electron chi connectivity index (χ3n) is 3.27. The zero-order valence-corrected chi connectivity index (χ0v) is 12.5. The second-order valence-corrected chi connectivity index (χ2v) is 4.99. The zero-order chi connectivity index (χ0) is 16.1. The molecule has 1 atom stereocenters. The number of nitrogens with one attached hydrogen (secondary N) is 1. The first-order valence-electron chi connectivity index (χ1n) is 7.03. The Morgan fingerprint density at radius 2 is 2.14 bits per heavy atom. The normalized spacial score (nSPS) is 17.6. The van der Waals surface area contributed by atoms with Crippen molar-refractivity contribution in [3.8, 4) is 0 Å². The number of carbonyl (C=O) groups excluding carboxylic acids is 3. The molecular formula is C16H18N2O4. The molecule has 0 spiro atoms. The number of hydrogen-bond donors (Lipinski definition) is 1. The van der Waals surface area contributed by atoms with Crippen LogP contribution in [0.4, 0.5) is 11.4 Å². The van der Waals surface area contributed by atoms with Gasteiger partial charge in [0.05, 0.1) is 11.4 Å². The minimum absolute atomic E-state index is 0.152. The molecule has 0 fully saturated rings. The molecule has 0 saturated carbocycles. The standard InChI is InChI=1S/C16H18N2O4/c1-3-6-16(21)22-10-15(20)18-11(2)9-14(19)17-12-7-4-5-8-13(12)18/h3-8,11H,9-10H2,1-2H3,(H,17,19)/b6-3+/t11-/m1/s1. The summed E-state index contributed by atoms with van der Waals surface area (Å²) in [5.74, 6) is -1.09. The third-order valence-corrected chi connectivity index (χ3v) is 3.27. The van der Waals surface area contributed by atoms with E-state index in [4.69, 9.17) is 4.74 Å². The van der Waals surface area contributed by atoms with Gasteiger partial charge in [-0.05, 0) is 26.0 Å². The van der Waals surface area contributed by atoms with E-state index in [1.165, 1.54) is 11.0 Å². The number of fused-ring (bicyclic) bond motifs is 1. The molecule has 0 aromatic heterocycles. The molecule has 1 N–H and O–H groups in total. The third kappa shape index (κ3) is 3.52. The van der Waals surface area contributed by atoms with Crippen molar-refractivity contribution in [2.24, 2.45) is 0 Å². The van der Waals surface area contributed by atoms with Crippen LogP contribution in [-0.2, 0) is 19.1 Å². The summed E-state index contributed by atoms with van der Waals surface area (Å²) in [4.78, 5) is 37.1. The van der Waals surface area contributed by atoms with E-state index in [2.05, 4.69) is 5.32 Å². The van der Waals surface area contributed by atoms with Crippen LogP contribution in [-0.4, -0.2) is 30.4 Å². The summed E-state index contributed by atoms with van der Waals surface area (Å²) >= 11 is 0. The Balaban J connectivity index is 2.22. The lowest BCUT2D eigenvalue weighted by Gasteiger charge is -2.27. The SMILES string of the molecule is C/C=C/C(=O)OCC(=O)N1c2ccccc2NC(=O)C[C@H]1C. The molecule has 1 aliphatic heterocycles. The molecule has 1 aromatic rings. The number of para-hydroxylation sites is 2. The molecule has 0 radical (unpaired) electrons. The number of hydrogen-bond acceptors (Lipinski definition) is 4. The van der Waals surface area contributed by atoms with Gasteiger partial charge in [-0.2, -0.15) is 0 Å². The lowest BCUT2D eigenvalue weighted by molar-refractivity contribution is -0.143. The van der Waals surface area contributed by atoms with E-state index in [1.807, 2.05) is 0 Å². The Labute approximate surface area is 128 Å². The maximum absolute atomic E-state index is 12.4. The molecule has 2 rings (SSSR count). The highest BCUT2D eigenvalue weighted by Crippen LogP contribution is 2.31. The number of rotatable bonds is 3. The van der Waals surface area contributed by atoms with Crippen LogP contribution in [0, 0.1) is 0 Å². The number of amides is 2. The lowest BCUT2D eigenvalue weighted by Crippen LogP contribution is -2.41. The number of ether oxygens (including phenoxy) is 1. The van der Waals surface area contributed by atoms with Gasteiger partial charge in [0, 0.05) is 18.5 Å². The Morgan fingerprint density at radius 3 is 2.86 bits per heavy atom. The van der Waals surface area contributed by atoms with Crippen LogP contribution in [0.1, 0.15) is 20.3 Å². The molecule has 0 aliphatic carbocycles. The van der Waals surface area contributed by atoms with Crippen LogP contribution in [0.3, 0.4) is 0 Å². The van der Waals surface area contributed by atoms with E-state index < -0.39 is 5.97 Å². The molecule has 6 heteroatoms. The molecule has 1 heterocycles. The van der Waals surface area contributed by atoms with Gasteiger partial charge in [0.25, 0.3) is 5.91 Å². The molecular weight excluding hydrogens is 284 g/mol. The van der Waals surface area contributed by atoms with Gasteiger partial charge in [0.1, 0.15) is 0 Å². The van der Waals surface area contributed by atoms with Gasteiger partial charge in [-0.1, -0.05) is 18.2 Å². The smallest absolute Gasteiger partial charge is 0.330 e. The highest BCUT2D eigenvalue weighted by Gasteiger charge is 2.29. The van der Waals surface area contributed by atoms with Gasteiger partial charge in [-0.25, -0.2) is 4.79 Å². The highest BCUT2D eigenvalue weighted by atomic mass is 16.5. The Hall–Kier alpha value is -2.63. The van der Waals surface area contributed by atoms with Crippen molar-refractivity contribution in [2.45, 2.75) is 26.3 Å². The fourth-order valence-corrected chi connectivity index (χ4v) is 2.35. The van der Waals surface area contributed by atoms with Crippen LogP contribution in [0.25, 0.3) is 0 Å². The van der Waals surface area contributed by atoms with Crippen molar-refractivity contribution in [3.05, 3.63) is 36.4 Å². The molecule has 0 unspecified atom stereocenters. The van der Waals surface area contributed by atoms with E-state index in [0.717, 1.165) is 0 Å². The van der Waals surface area contributed by atoms with Crippen molar-refractivity contribution < 1.29 is 19.1 Å². The predicted octanol–water partition coefficient (Wildman–Crippen LogP) is 1.87. The molecule has 0 saturated heterocycles. The van der Waals surface area contributed by atoms with Crippen LogP contribution < -0.4 is 10.2 Å². The molecule has 116 valence electrons. The second kappa shape index (κ2) is 6.89. The van der Waals surface area contributed by atoms with E-state index in [1.54, 1.807) is 44.2 Å². The first-order chi connectivity index (χ1) is 10.5. The van der Waals surface area contributed by atoms with Gasteiger partial charge < -0.3 is 15.0 Å². The first-order valence-corrected chi connectivity index (χ1v) is 7.03. The van der Waals surface area contributed by atoms with Crippen molar-refractivity contribution in [1.29, 1.82) is 0 Å². The minimum atomic E-state index is -0.569. The van der Waals surface area contributed by atoms with Crippen LogP contribution >= 0.6 is 0 Å². The largest absolute Gasteiger partial charge is 0.452 e. The monoisotopic (exact) mass is 302 g/mol. The zero-order valence-electron chi connectivity index (χ0n) is 12.5. The van der Waals surface area contributed by atoms with Gasteiger partial charge in [-0.15, -0.1) is 0 Å². The number of nitrogens with zero attached hydrogens (tertiary/aromatic N) is 1. The van der Waals surface area contributed by atoms with Crippen molar-refractivity contribution in [1.82, 2.24) is 0 Å². The minimum Gasteiger partial charge on any atom is -0.452 e. The summed E-state index contributed by atoms with van der Waals surface area (Å²) in [6, 6.07) is 6.73. The van der Waals surface area contributed by atoms with Crippen molar-refractivity contribution in [2.75, 3.05) is 16.8 Å². The number of allylic oxidation sites excluding steroid dienone is 1. The summed E-state index contributed by atoms with van der Waals surface area (Å²) in [7, 11) is 0. The number of esters is 1. The van der Waals surface area contributed by atoms with Crippen LogP contribution in [0.15, 0.2) is 36.4 Å². The Kier molecular flexibility index (Phi) is 4.93. The Morgan fingerprint density at radius 1 is 1.41 bits per heavy atom. The first kappa shape index (κ1) is 15.8. The van der Waals surface area contributed by atoms with E-state index in [0.29, 0.717) is 11.4 Å². The van der Waals surface area contributed by atoms with Crippen molar-refractivity contribution >= 4 is 29.2 Å². The summed E-state index contributed by atoms with van der Waals surface area (Å²) < 4.78 is 4.91. The molecule has 1 aliphatic rings. The summed E-state index contributed by atoms with van der Waals surface area (Å²) in [5.41, 5.74) is 1.18. The summed E-state index contributed by atoms with van der Waals surface area (Å²) in [6.07, 6.45) is 2.97. The quantitative estimate of drug-likeness (QED) is 0.683. The fraction of sp³-hybridized carbons (Fsp3) is 0.312. The number of carbonyl (C=O) groups is 3. The lowest BCUT2D eigenvalue weighted by atomic mass is 10.1. The number of anilines is 2. The summed E-state index contributed by atoms with van der Waals surface area (Å²) in [6.45, 7) is 3.11. The molecule has 22 heavy (non-hydrogen) atoms. The van der Waals surface area contributed by atoms with Crippen LogP contribution in [0.5, 0.6) is 0 Å². The van der Waals surface area contributed by atoms with Gasteiger partial charge in [0.15, 0.2) is 6.61 Å². The maximum Gasteiger partial charge on any atom is 0.330 e. The van der Waals surface area contributed by atoms with E-state index in [-0.39, 0.29) is 30.9 Å². The second-order valence-electron chi connectivity index (χ2n) is 4.99. The average molecular weight is 302 g/mol. The Bertz CT molecular complexity index is 624. The van der Waals surface area contributed by atoms with Crippen LogP contribution in [0.2, 0.25) is 0 Å². The average Bonchev–Trinajstić information content (AvgIpc) is 2.59. The predicted molar refractivity (Wildman–Crippen MR) is 82.4 cm³/mol. The van der Waals surface area contributed by atoms with E-state index in [9.17, 15) is 14.4 Å². The highest BCUT2D eigenvalue weighted by molar-refractivity contribution is 6.05. The fourth-order valence-electron chi connectivity index (χ4n) is 2.35. The molecule has 2 amide bonds. The van der Waals surface area contributed by atoms with Crippen molar-refractivity contribution in [3.63, 3.8) is 0 Å². The molecule has 1 aromatic carbocycles. The number of benzene rings is 1. The summed E-state index contributed by atoms with van der Waals surface area (Å²) in [5, 5.41) is 2.77. The maximum atomic E-state index is 12.4. The molecule has 6 nitrogen and oxygen atoms in total. The van der Waals surface area contributed by atoms with Gasteiger partial charge in [-0.3, -0.25) is 9.59 Å². The van der Waals surface area contributed by atoms with Gasteiger partial charge >= 0.3 is 5.97 Å². The van der Waals surface area contributed by atoms with E-state index >= 15 is 0 Å².